The molecule has 0 saturated heterocycles. The Morgan fingerprint density at radius 3 is 2.90 bits per heavy atom. The summed E-state index contributed by atoms with van der Waals surface area (Å²) in [7, 11) is 2.01. The fraction of sp³-hybridized carbons (Fsp3) is 0.467. The van der Waals surface area contributed by atoms with Crippen LogP contribution in [0.25, 0.3) is 11.0 Å². The standard InChI is InChI=1S/C15H19ClN4/c1-4-20(9-11(2)8-17)10-15-18-13-7-12(16)5-6-14(13)19(15)3/h5-7,11H,4,9-10H2,1-3H3/t11-/m0/s1. The maximum Gasteiger partial charge on any atom is 0.123 e. The molecule has 2 rings (SSSR count). The lowest BCUT2D eigenvalue weighted by Crippen LogP contribution is -2.28. The van der Waals surface area contributed by atoms with Gasteiger partial charge in [-0.05, 0) is 31.7 Å². The Kier molecular flexibility index (Phi) is 4.64. The van der Waals surface area contributed by atoms with E-state index in [4.69, 9.17) is 16.9 Å². The first-order valence-corrected chi connectivity index (χ1v) is 7.15. The minimum absolute atomic E-state index is 0.0269. The van der Waals surface area contributed by atoms with Crippen LogP contribution in [0.3, 0.4) is 0 Å². The molecule has 0 radical (unpaired) electrons. The van der Waals surface area contributed by atoms with Crippen molar-refractivity contribution in [2.45, 2.75) is 20.4 Å². The molecule has 0 saturated carbocycles. The van der Waals surface area contributed by atoms with Crippen LogP contribution in [0.2, 0.25) is 5.02 Å². The lowest BCUT2D eigenvalue weighted by atomic mass is 10.2. The van der Waals surface area contributed by atoms with Gasteiger partial charge in [0.1, 0.15) is 5.82 Å². The quantitative estimate of drug-likeness (QED) is 0.849. The van der Waals surface area contributed by atoms with Crippen molar-refractivity contribution < 1.29 is 0 Å². The average molecular weight is 291 g/mol. The molecule has 0 spiro atoms. The van der Waals surface area contributed by atoms with Crippen LogP contribution >= 0.6 is 11.6 Å². The van der Waals surface area contributed by atoms with Gasteiger partial charge in [-0.2, -0.15) is 5.26 Å². The van der Waals surface area contributed by atoms with E-state index in [2.05, 4.69) is 27.4 Å². The van der Waals surface area contributed by atoms with Crippen molar-refractivity contribution in [3.63, 3.8) is 0 Å². The Bertz CT molecular complexity index is 641. The van der Waals surface area contributed by atoms with Crippen LogP contribution in [0.5, 0.6) is 0 Å². The average Bonchev–Trinajstić information content (AvgIpc) is 2.73. The van der Waals surface area contributed by atoms with Crippen molar-refractivity contribution >= 4 is 22.6 Å². The van der Waals surface area contributed by atoms with Crippen LogP contribution in [0.1, 0.15) is 19.7 Å². The van der Waals surface area contributed by atoms with Gasteiger partial charge in [-0.15, -0.1) is 0 Å². The highest BCUT2D eigenvalue weighted by molar-refractivity contribution is 6.31. The predicted octanol–water partition coefficient (Wildman–Crippen LogP) is 3.21. The van der Waals surface area contributed by atoms with E-state index in [1.807, 2.05) is 32.2 Å². The summed E-state index contributed by atoms with van der Waals surface area (Å²) < 4.78 is 2.09. The molecule has 2 aromatic rings. The smallest absolute Gasteiger partial charge is 0.123 e. The maximum absolute atomic E-state index is 8.93. The van der Waals surface area contributed by atoms with Gasteiger partial charge in [0, 0.05) is 18.6 Å². The van der Waals surface area contributed by atoms with E-state index in [-0.39, 0.29) is 5.92 Å². The molecule has 0 amide bonds. The zero-order chi connectivity index (χ0) is 14.7. The van der Waals surface area contributed by atoms with E-state index in [0.717, 1.165) is 36.5 Å². The fourth-order valence-electron chi connectivity index (χ4n) is 2.30. The Labute approximate surface area is 124 Å². The van der Waals surface area contributed by atoms with Gasteiger partial charge in [0.25, 0.3) is 0 Å². The van der Waals surface area contributed by atoms with Crippen molar-refractivity contribution in [2.75, 3.05) is 13.1 Å². The number of halogens is 1. The number of hydrogen-bond donors (Lipinski definition) is 0. The van der Waals surface area contributed by atoms with E-state index in [1.54, 1.807) is 0 Å². The van der Waals surface area contributed by atoms with Gasteiger partial charge in [-0.25, -0.2) is 4.98 Å². The molecule has 1 aromatic carbocycles. The molecule has 1 atom stereocenters. The number of benzene rings is 1. The van der Waals surface area contributed by atoms with Gasteiger partial charge in [-0.3, -0.25) is 4.90 Å². The highest BCUT2D eigenvalue weighted by Gasteiger charge is 2.13. The van der Waals surface area contributed by atoms with Crippen LogP contribution < -0.4 is 0 Å². The molecule has 0 aliphatic carbocycles. The number of nitrogens with zero attached hydrogens (tertiary/aromatic N) is 4. The van der Waals surface area contributed by atoms with E-state index in [1.165, 1.54) is 0 Å². The molecule has 0 aliphatic heterocycles. The molecule has 5 heteroatoms. The second kappa shape index (κ2) is 6.25. The predicted molar refractivity (Wildman–Crippen MR) is 81.5 cm³/mol. The van der Waals surface area contributed by atoms with Gasteiger partial charge in [0.05, 0.1) is 29.6 Å². The lowest BCUT2D eigenvalue weighted by molar-refractivity contribution is 0.252. The van der Waals surface area contributed by atoms with E-state index < -0.39 is 0 Å². The van der Waals surface area contributed by atoms with Gasteiger partial charge in [-0.1, -0.05) is 18.5 Å². The summed E-state index contributed by atoms with van der Waals surface area (Å²) in [6.45, 7) is 6.44. The number of nitriles is 1. The highest BCUT2D eigenvalue weighted by Crippen LogP contribution is 2.20. The third-order valence-corrected chi connectivity index (χ3v) is 3.74. The molecule has 4 nitrogen and oxygen atoms in total. The molecule has 20 heavy (non-hydrogen) atoms. The number of aromatic nitrogens is 2. The summed E-state index contributed by atoms with van der Waals surface area (Å²) in [5, 5.41) is 9.63. The minimum atomic E-state index is 0.0269. The van der Waals surface area contributed by atoms with Crippen molar-refractivity contribution in [2.24, 2.45) is 13.0 Å². The van der Waals surface area contributed by atoms with Crippen LogP contribution in [0.15, 0.2) is 18.2 Å². The van der Waals surface area contributed by atoms with E-state index in [9.17, 15) is 0 Å². The minimum Gasteiger partial charge on any atom is -0.330 e. The Morgan fingerprint density at radius 1 is 1.50 bits per heavy atom. The first-order chi connectivity index (χ1) is 9.55. The Balaban J connectivity index is 2.24. The van der Waals surface area contributed by atoms with Gasteiger partial charge in [0.15, 0.2) is 0 Å². The molecule has 0 N–H and O–H groups in total. The molecular formula is C15H19ClN4. The molecular weight excluding hydrogens is 272 g/mol. The second-order valence-electron chi connectivity index (χ2n) is 5.08. The summed E-state index contributed by atoms with van der Waals surface area (Å²) >= 11 is 6.01. The van der Waals surface area contributed by atoms with E-state index in [0.29, 0.717) is 5.02 Å². The molecule has 1 aromatic heterocycles. The number of aryl methyl sites for hydroxylation is 1. The first-order valence-electron chi connectivity index (χ1n) is 6.78. The Hall–Kier alpha value is -1.57. The fourth-order valence-corrected chi connectivity index (χ4v) is 2.46. The van der Waals surface area contributed by atoms with E-state index >= 15 is 0 Å². The molecule has 0 fully saturated rings. The zero-order valence-electron chi connectivity index (χ0n) is 12.1. The molecule has 1 heterocycles. The van der Waals surface area contributed by atoms with Crippen LogP contribution in [-0.4, -0.2) is 27.5 Å². The monoisotopic (exact) mass is 290 g/mol. The summed E-state index contributed by atoms with van der Waals surface area (Å²) in [5.41, 5.74) is 1.99. The topological polar surface area (TPSA) is 44.9 Å². The molecule has 0 bridgehead atoms. The third-order valence-electron chi connectivity index (χ3n) is 3.50. The third kappa shape index (κ3) is 3.12. The summed E-state index contributed by atoms with van der Waals surface area (Å²) in [6.07, 6.45) is 0. The lowest BCUT2D eigenvalue weighted by Gasteiger charge is -2.20. The van der Waals surface area contributed by atoms with Crippen LogP contribution in [0.4, 0.5) is 0 Å². The Morgan fingerprint density at radius 2 is 2.25 bits per heavy atom. The number of imidazole rings is 1. The van der Waals surface area contributed by atoms with Gasteiger partial charge < -0.3 is 4.57 Å². The van der Waals surface area contributed by atoms with Gasteiger partial charge >= 0.3 is 0 Å². The molecule has 0 unspecified atom stereocenters. The van der Waals surface area contributed by atoms with Crippen LogP contribution in [-0.2, 0) is 13.6 Å². The second-order valence-corrected chi connectivity index (χ2v) is 5.51. The number of rotatable bonds is 5. The normalized spacial score (nSPS) is 12.8. The van der Waals surface area contributed by atoms with Crippen molar-refractivity contribution in [3.8, 4) is 6.07 Å². The van der Waals surface area contributed by atoms with Crippen molar-refractivity contribution in [1.82, 2.24) is 14.5 Å². The summed E-state index contributed by atoms with van der Waals surface area (Å²) in [6, 6.07) is 8.03. The highest BCUT2D eigenvalue weighted by atomic mass is 35.5. The number of fused-ring (bicyclic) bond motifs is 1. The first kappa shape index (κ1) is 14.8. The van der Waals surface area contributed by atoms with Crippen molar-refractivity contribution in [3.05, 3.63) is 29.0 Å². The summed E-state index contributed by atoms with van der Waals surface area (Å²) in [4.78, 5) is 6.88. The SMILES string of the molecule is CCN(Cc1nc2cc(Cl)ccc2n1C)C[C@@H](C)C#N. The number of hydrogen-bond acceptors (Lipinski definition) is 3. The zero-order valence-corrected chi connectivity index (χ0v) is 12.9. The van der Waals surface area contributed by atoms with Crippen LogP contribution in [0, 0.1) is 17.2 Å². The van der Waals surface area contributed by atoms with Crippen molar-refractivity contribution in [1.29, 1.82) is 5.26 Å². The maximum atomic E-state index is 8.93. The summed E-state index contributed by atoms with van der Waals surface area (Å²) in [5.74, 6) is 1.02. The van der Waals surface area contributed by atoms with Gasteiger partial charge in [0.2, 0.25) is 0 Å². The molecule has 0 aliphatic rings. The molecule has 106 valence electrons. The largest absolute Gasteiger partial charge is 0.330 e.